The fraction of sp³-hybridized carbons (Fsp3) is 0.312. The van der Waals surface area contributed by atoms with E-state index in [2.05, 4.69) is 17.2 Å². The summed E-state index contributed by atoms with van der Waals surface area (Å²) >= 11 is 6.13. The molecule has 0 bridgehead atoms. The van der Waals surface area contributed by atoms with Crippen molar-refractivity contribution in [2.75, 3.05) is 13.7 Å². The van der Waals surface area contributed by atoms with Crippen molar-refractivity contribution in [2.45, 2.75) is 19.4 Å². The highest BCUT2D eigenvalue weighted by molar-refractivity contribution is 6.31. The molecule has 0 saturated heterocycles. The van der Waals surface area contributed by atoms with Gasteiger partial charge in [-0.05, 0) is 36.7 Å². The van der Waals surface area contributed by atoms with E-state index in [1.165, 1.54) is 6.07 Å². The highest BCUT2D eigenvalue weighted by Gasteiger charge is 2.22. The first-order valence-corrected chi connectivity index (χ1v) is 7.23. The van der Waals surface area contributed by atoms with Crippen molar-refractivity contribution >= 4 is 11.6 Å². The van der Waals surface area contributed by atoms with Gasteiger partial charge in [-0.2, -0.15) is 0 Å². The molecule has 2 aromatic rings. The molecule has 1 atom stereocenters. The molecule has 1 N–H and O–H groups in total. The Kier molecular flexibility index (Phi) is 5.53. The number of ether oxygens (including phenoxy) is 1. The van der Waals surface area contributed by atoms with Crippen molar-refractivity contribution in [3.63, 3.8) is 0 Å². The molecule has 0 aliphatic rings. The van der Waals surface area contributed by atoms with Crippen molar-refractivity contribution in [3.05, 3.63) is 58.6 Å². The molecule has 0 radical (unpaired) electrons. The second kappa shape index (κ2) is 7.38. The second-order valence-electron chi connectivity index (χ2n) is 4.62. The van der Waals surface area contributed by atoms with Crippen LogP contribution in [-0.2, 0) is 0 Å². The number of nitrogens with zero attached hydrogens (tertiary/aromatic N) is 1. The van der Waals surface area contributed by atoms with Gasteiger partial charge in [-0.25, -0.2) is 4.39 Å². The number of pyridine rings is 1. The smallest absolute Gasteiger partial charge is 0.142 e. The van der Waals surface area contributed by atoms with Gasteiger partial charge < -0.3 is 10.1 Å². The van der Waals surface area contributed by atoms with E-state index in [4.69, 9.17) is 16.3 Å². The SMILES string of the molecule is CCCNC(c1cccc(F)c1Cl)c1ncccc1OC. The van der Waals surface area contributed by atoms with Crippen LogP contribution in [0.3, 0.4) is 0 Å². The zero-order chi connectivity index (χ0) is 15.2. The molecule has 0 saturated carbocycles. The summed E-state index contributed by atoms with van der Waals surface area (Å²) in [5.74, 6) is 0.207. The summed E-state index contributed by atoms with van der Waals surface area (Å²) < 4.78 is 19.1. The van der Waals surface area contributed by atoms with Gasteiger partial charge in [-0.1, -0.05) is 30.7 Å². The van der Waals surface area contributed by atoms with Crippen LogP contribution in [-0.4, -0.2) is 18.6 Å². The normalized spacial score (nSPS) is 12.2. The van der Waals surface area contributed by atoms with Gasteiger partial charge in [-0.3, -0.25) is 4.98 Å². The van der Waals surface area contributed by atoms with Crippen LogP contribution in [0.15, 0.2) is 36.5 Å². The number of methoxy groups -OCH3 is 1. The average Bonchev–Trinajstić information content (AvgIpc) is 2.52. The van der Waals surface area contributed by atoms with Crippen molar-refractivity contribution < 1.29 is 9.13 Å². The first-order valence-electron chi connectivity index (χ1n) is 6.85. The summed E-state index contributed by atoms with van der Waals surface area (Å²) in [7, 11) is 1.59. The quantitative estimate of drug-likeness (QED) is 0.876. The minimum atomic E-state index is -0.438. The van der Waals surface area contributed by atoms with Crippen LogP contribution >= 0.6 is 11.6 Å². The standard InChI is InChI=1S/C16H18ClFN2O/c1-3-9-19-15(11-6-4-7-12(18)14(11)17)16-13(21-2)8-5-10-20-16/h4-8,10,15,19H,3,9H2,1-2H3. The van der Waals surface area contributed by atoms with Crippen LogP contribution in [0.1, 0.15) is 30.6 Å². The van der Waals surface area contributed by atoms with Crippen LogP contribution in [0.25, 0.3) is 0 Å². The van der Waals surface area contributed by atoms with Gasteiger partial charge in [0.2, 0.25) is 0 Å². The van der Waals surface area contributed by atoms with Crippen LogP contribution in [0.4, 0.5) is 4.39 Å². The molecule has 2 rings (SSSR count). The largest absolute Gasteiger partial charge is 0.495 e. The number of hydrogen-bond acceptors (Lipinski definition) is 3. The minimum Gasteiger partial charge on any atom is -0.495 e. The topological polar surface area (TPSA) is 34.2 Å². The Morgan fingerprint density at radius 2 is 2.14 bits per heavy atom. The molecular weight excluding hydrogens is 291 g/mol. The molecule has 0 fully saturated rings. The fourth-order valence-electron chi connectivity index (χ4n) is 2.18. The third-order valence-corrected chi connectivity index (χ3v) is 3.58. The lowest BCUT2D eigenvalue weighted by molar-refractivity contribution is 0.399. The van der Waals surface area contributed by atoms with Crippen molar-refractivity contribution in [2.24, 2.45) is 0 Å². The summed E-state index contributed by atoms with van der Waals surface area (Å²) in [5.41, 5.74) is 1.35. The van der Waals surface area contributed by atoms with Crippen molar-refractivity contribution in [1.82, 2.24) is 10.3 Å². The fourth-order valence-corrected chi connectivity index (χ4v) is 2.41. The third-order valence-electron chi connectivity index (χ3n) is 3.18. The molecule has 1 heterocycles. The zero-order valence-electron chi connectivity index (χ0n) is 12.1. The lowest BCUT2D eigenvalue weighted by atomic mass is 10.0. The highest BCUT2D eigenvalue weighted by Crippen LogP contribution is 2.33. The predicted octanol–water partition coefficient (Wildman–Crippen LogP) is 3.97. The summed E-state index contributed by atoms with van der Waals surface area (Å²) in [6.07, 6.45) is 2.63. The molecule has 0 aliphatic carbocycles. The van der Waals surface area contributed by atoms with E-state index in [0.717, 1.165) is 13.0 Å². The number of nitrogens with one attached hydrogen (secondary N) is 1. The van der Waals surface area contributed by atoms with E-state index >= 15 is 0 Å². The monoisotopic (exact) mass is 308 g/mol. The maximum Gasteiger partial charge on any atom is 0.142 e. The molecule has 1 aromatic heterocycles. The Morgan fingerprint density at radius 3 is 2.86 bits per heavy atom. The van der Waals surface area contributed by atoms with E-state index in [1.807, 2.05) is 6.07 Å². The van der Waals surface area contributed by atoms with E-state index < -0.39 is 5.82 Å². The lowest BCUT2D eigenvalue weighted by Crippen LogP contribution is -2.25. The molecule has 0 amide bonds. The Morgan fingerprint density at radius 1 is 1.33 bits per heavy atom. The van der Waals surface area contributed by atoms with Gasteiger partial charge in [0.1, 0.15) is 17.3 Å². The number of aromatic nitrogens is 1. The minimum absolute atomic E-state index is 0.110. The second-order valence-corrected chi connectivity index (χ2v) is 5.00. The number of halogens is 2. The van der Waals surface area contributed by atoms with Crippen LogP contribution in [0.2, 0.25) is 5.02 Å². The number of rotatable bonds is 6. The van der Waals surface area contributed by atoms with E-state index in [9.17, 15) is 4.39 Å². The Balaban J connectivity index is 2.50. The number of benzene rings is 1. The van der Waals surface area contributed by atoms with Crippen LogP contribution in [0, 0.1) is 5.82 Å². The van der Waals surface area contributed by atoms with Crippen molar-refractivity contribution in [3.8, 4) is 5.75 Å². The van der Waals surface area contributed by atoms with Gasteiger partial charge in [0.25, 0.3) is 0 Å². The highest BCUT2D eigenvalue weighted by atomic mass is 35.5. The molecular formula is C16H18ClFN2O. The Bertz CT molecular complexity index is 607. The summed E-state index contributed by atoms with van der Waals surface area (Å²) in [6.45, 7) is 2.82. The predicted molar refractivity (Wildman–Crippen MR) is 82.3 cm³/mol. The first-order chi connectivity index (χ1) is 10.2. The molecule has 1 unspecified atom stereocenters. The number of hydrogen-bond donors (Lipinski definition) is 1. The van der Waals surface area contributed by atoms with Crippen LogP contribution in [0.5, 0.6) is 5.75 Å². The maximum atomic E-state index is 13.7. The summed E-state index contributed by atoms with van der Waals surface area (Å²) in [6, 6.07) is 8.10. The Labute approximate surface area is 129 Å². The first kappa shape index (κ1) is 15.7. The van der Waals surface area contributed by atoms with E-state index in [0.29, 0.717) is 17.0 Å². The zero-order valence-corrected chi connectivity index (χ0v) is 12.8. The molecule has 1 aromatic carbocycles. The summed E-state index contributed by atoms with van der Waals surface area (Å²) in [4.78, 5) is 4.38. The average molecular weight is 309 g/mol. The van der Waals surface area contributed by atoms with Crippen molar-refractivity contribution in [1.29, 1.82) is 0 Å². The molecule has 0 spiro atoms. The van der Waals surface area contributed by atoms with E-state index in [1.54, 1.807) is 31.5 Å². The maximum absolute atomic E-state index is 13.7. The third kappa shape index (κ3) is 3.52. The molecule has 5 heteroatoms. The van der Waals surface area contributed by atoms with Gasteiger partial charge in [-0.15, -0.1) is 0 Å². The van der Waals surface area contributed by atoms with Gasteiger partial charge >= 0.3 is 0 Å². The molecule has 3 nitrogen and oxygen atoms in total. The summed E-state index contributed by atoms with van der Waals surface area (Å²) in [5, 5.41) is 3.46. The lowest BCUT2D eigenvalue weighted by Gasteiger charge is -2.21. The van der Waals surface area contributed by atoms with Gasteiger partial charge in [0.15, 0.2) is 0 Å². The van der Waals surface area contributed by atoms with E-state index in [-0.39, 0.29) is 11.1 Å². The Hall–Kier alpha value is -1.65. The van der Waals surface area contributed by atoms with Gasteiger partial charge in [0, 0.05) is 6.20 Å². The molecule has 0 aliphatic heterocycles. The van der Waals surface area contributed by atoms with Crippen LogP contribution < -0.4 is 10.1 Å². The molecule has 21 heavy (non-hydrogen) atoms. The molecule has 112 valence electrons. The van der Waals surface area contributed by atoms with Gasteiger partial charge in [0.05, 0.1) is 18.2 Å².